The molecule has 1 aromatic heterocycles. The molecular formula is C11H18N2OS. The van der Waals surface area contributed by atoms with Gasteiger partial charge in [0.25, 0.3) is 0 Å². The first-order valence-electron chi connectivity index (χ1n) is 5.23. The first kappa shape index (κ1) is 12.5. The third kappa shape index (κ3) is 4.20. The maximum atomic E-state index is 8.65. The number of pyridine rings is 1. The van der Waals surface area contributed by atoms with Crippen LogP contribution < -0.4 is 5.73 Å². The van der Waals surface area contributed by atoms with E-state index in [2.05, 4.69) is 11.9 Å². The van der Waals surface area contributed by atoms with E-state index in [1.54, 1.807) is 11.8 Å². The van der Waals surface area contributed by atoms with Gasteiger partial charge in [0.15, 0.2) is 0 Å². The third-order valence-electron chi connectivity index (χ3n) is 2.15. The Bertz CT molecular complexity index is 276. The lowest BCUT2D eigenvalue weighted by Gasteiger charge is -2.08. The molecule has 3 N–H and O–H groups in total. The minimum Gasteiger partial charge on any atom is -0.396 e. The lowest BCUT2D eigenvalue weighted by molar-refractivity contribution is 0.296. The summed E-state index contributed by atoms with van der Waals surface area (Å²) in [7, 11) is 0. The molecule has 1 atom stereocenters. The molecule has 1 unspecified atom stereocenters. The molecule has 4 heteroatoms. The summed E-state index contributed by atoms with van der Waals surface area (Å²) in [5, 5.41) is 8.65. The van der Waals surface area contributed by atoms with Crippen molar-refractivity contribution in [2.24, 2.45) is 5.73 Å². The van der Waals surface area contributed by atoms with E-state index in [0.717, 1.165) is 29.2 Å². The number of aliphatic hydroxyl groups is 1. The number of aliphatic hydroxyl groups excluding tert-OH is 1. The number of aromatic nitrogens is 1. The highest BCUT2D eigenvalue weighted by Crippen LogP contribution is 2.19. The summed E-state index contributed by atoms with van der Waals surface area (Å²) in [6.07, 6.45) is 3.58. The van der Waals surface area contributed by atoms with E-state index in [1.807, 2.05) is 18.3 Å². The summed E-state index contributed by atoms with van der Waals surface area (Å²) >= 11 is 1.71. The van der Waals surface area contributed by atoms with Crippen molar-refractivity contribution in [3.8, 4) is 0 Å². The Kier molecular flexibility index (Phi) is 5.68. The van der Waals surface area contributed by atoms with Crippen molar-refractivity contribution in [1.29, 1.82) is 0 Å². The van der Waals surface area contributed by atoms with E-state index in [-0.39, 0.29) is 12.6 Å². The Morgan fingerprint density at radius 2 is 2.33 bits per heavy atom. The van der Waals surface area contributed by atoms with E-state index in [4.69, 9.17) is 10.8 Å². The summed E-state index contributed by atoms with van der Waals surface area (Å²) in [6, 6.07) is 4.07. The molecule has 0 spiro atoms. The van der Waals surface area contributed by atoms with Crippen molar-refractivity contribution >= 4 is 11.8 Å². The van der Waals surface area contributed by atoms with Crippen LogP contribution in [0.3, 0.4) is 0 Å². The van der Waals surface area contributed by atoms with Gasteiger partial charge in [-0.15, -0.1) is 11.8 Å². The van der Waals surface area contributed by atoms with Crippen LogP contribution in [0, 0.1) is 0 Å². The minimum atomic E-state index is 0.0430. The normalized spacial score (nSPS) is 12.7. The fourth-order valence-electron chi connectivity index (χ4n) is 1.16. The van der Waals surface area contributed by atoms with E-state index in [1.165, 1.54) is 0 Å². The third-order valence-corrected chi connectivity index (χ3v) is 3.22. The molecule has 0 bridgehead atoms. The highest BCUT2D eigenvalue weighted by atomic mass is 32.2. The molecule has 0 fully saturated rings. The molecule has 0 saturated heterocycles. The van der Waals surface area contributed by atoms with Crippen molar-refractivity contribution in [1.82, 2.24) is 4.98 Å². The molecule has 0 aliphatic rings. The zero-order valence-corrected chi connectivity index (χ0v) is 9.83. The van der Waals surface area contributed by atoms with Gasteiger partial charge in [-0.1, -0.05) is 6.92 Å². The zero-order valence-electron chi connectivity index (χ0n) is 9.02. The van der Waals surface area contributed by atoms with E-state index < -0.39 is 0 Å². The van der Waals surface area contributed by atoms with Gasteiger partial charge in [-0.3, -0.25) is 4.98 Å². The van der Waals surface area contributed by atoms with Crippen LogP contribution in [0.15, 0.2) is 23.2 Å². The first-order chi connectivity index (χ1) is 7.27. The lowest BCUT2D eigenvalue weighted by Crippen LogP contribution is -2.10. The van der Waals surface area contributed by atoms with Gasteiger partial charge in [0.05, 0.1) is 5.69 Å². The molecule has 0 radical (unpaired) electrons. The van der Waals surface area contributed by atoms with Crippen LogP contribution in [0.4, 0.5) is 0 Å². The minimum absolute atomic E-state index is 0.0430. The van der Waals surface area contributed by atoms with Gasteiger partial charge < -0.3 is 10.8 Å². The molecule has 1 aromatic rings. The molecule has 0 aromatic carbocycles. The number of hydrogen-bond acceptors (Lipinski definition) is 4. The molecule has 0 aliphatic carbocycles. The summed E-state index contributed by atoms with van der Waals surface area (Å²) in [4.78, 5) is 5.45. The molecule has 0 aliphatic heterocycles. The standard InChI is InChI=1S/C11H18N2OS/c1-2-10(12)11-5-4-9(8-13-11)15-7-3-6-14/h4-5,8,10,14H,2-3,6-7,12H2,1H3. The molecule has 0 amide bonds. The van der Waals surface area contributed by atoms with Gasteiger partial charge in [0, 0.05) is 29.5 Å². The number of thioether (sulfide) groups is 1. The van der Waals surface area contributed by atoms with Gasteiger partial charge in [-0.25, -0.2) is 0 Å². The summed E-state index contributed by atoms with van der Waals surface area (Å²) in [5.74, 6) is 0.928. The van der Waals surface area contributed by atoms with Crippen LogP contribution in [-0.2, 0) is 0 Å². The fraction of sp³-hybridized carbons (Fsp3) is 0.545. The van der Waals surface area contributed by atoms with Crippen molar-refractivity contribution in [3.63, 3.8) is 0 Å². The average molecular weight is 226 g/mol. The Balaban J connectivity index is 2.49. The smallest absolute Gasteiger partial charge is 0.0571 e. The number of nitrogens with two attached hydrogens (primary N) is 1. The monoisotopic (exact) mass is 226 g/mol. The lowest BCUT2D eigenvalue weighted by atomic mass is 10.1. The van der Waals surface area contributed by atoms with E-state index >= 15 is 0 Å². The highest BCUT2D eigenvalue weighted by Gasteiger charge is 2.04. The van der Waals surface area contributed by atoms with Crippen LogP contribution in [0.25, 0.3) is 0 Å². The maximum Gasteiger partial charge on any atom is 0.0571 e. The van der Waals surface area contributed by atoms with Crippen LogP contribution in [0.1, 0.15) is 31.5 Å². The Hall–Kier alpha value is -0.580. The SMILES string of the molecule is CCC(N)c1ccc(SCCCO)cn1. The molecule has 0 saturated carbocycles. The summed E-state index contributed by atoms with van der Waals surface area (Å²) in [6.45, 7) is 2.30. The van der Waals surface area contributed by atoms with Crippen molar-refractivity contribution < 1.29 is 5.11 Å². The number of rotatable bonds is 6. The Labute approximate surface area is 95.1 Å². The fourth-order valence-corrected chi connectivity index (χ4v) is 1.96. The maximum absolute atomic E-state index is 8.65. The zero-order chi connectivity index (χ0) is 11.1. The second-order valence-corrected chi connectivity index (χ2v) is 4.53. The van der Waals surface area contributed by atoms with Crippen molar-refractivity contribution in [2.75, 3.05) is 12.4 Å². The summed E-state index contributed by atoms with van der Waals surface area (Å²) < 4.78 is 0. The van der Waals surface area contributed by atoms with Gasteiger partial charge >= 0.3 is 0 Å². The molecule has 1 heterocycles. The molecule has 3 nitrogen and oxygen atoms in total. The molecule has 1 rings (SSSR count). The van der Waals surface area contributed by atoms with Crippen LogP contribution in [0.2, 0.25) is 0 Å². The Morgan fingerprint density at radius 3 is 2.87 bits per heavy atom. The summed E-state index contributed by atoms with van der Waals surface area (Å²) in [5.41, 5.74) is 6.81. The van der Waals surface area contributed by atoms with Gasteiger partial charge in [-0.05, 0) is 25.0 Å². The Morgan fingerprint density at radius 1 is 1.53 bits per heavy atom. The quantitative estimate of drug-likeness (QED) is 0.575. The van der Waals surface area contributed by atoms with Gasteiger partial charge in [0.2, 0.25) is 0 Å². The van der Waals surface area contributed by atoms with E-state index in [9.17, 15) is 0 Å². The van der Waals surface area contributed by atoms with Crippen LogP contribution >= 0.6 is 11.8 Å². The number of hydrogen-bond donors (Lipinski definition) is 2. The van der Waals surface area contributed by atoms with Crippen LogP contribution in [0.5, 0.6) is 0 Å². The molecule has 84 valence electrons. The number of nitrogens with zero attached hydrogens (tertiary/aromatic N) is 1. The van der Waals surface area contributed by atoms with Crippen LogP contribution in [-0.4, -0.2) is 22.5 Å². The largest absolute Gasteiger partial charge is 0.396 e. The van der Waals surface area contributed by atoms with E-state index in [0.29, 0.717) is 0 Å². The van der Waals surface area contributed by atoms with Gasteiger partial charge in [0.1, 0.15) is 0 Å². The first-order valence-corrected chi connectivity index (χ1v) is 6.21. The van der Waals surface area contributed by atoms with Crippen molar-refractivity contribution in [2.45, 2.75) is 30.7 Å². The second kappa shape index (κ2) is 6.82. The highest BCUT2D eigenvalue weighted by molar-refractivity contribution is 7.99. The second-order valence-electron chi connectivity index (χ2n) is 3.36. The topological polar surface area (TPSA) is 59.1 Å². The predicted molar refractivity (Wildman–Crippen MR) is 63.9 cm³/mol. The molecule has 15 heavy (non-hydrogen) atoms. The van der Waals surface area contributed by atoms with Crippen molar-refractivity contribution in [3.05, 3.63) is 24.0 Å². The van der Waals surface area contributed by atoms with Gasteiger partial charge in [-0.2, -0.15) is 0 Å². The predicted octanol–water partition coefficient (Wildman–Crippen LogP) is 1.97. The average Bonchev–Trinajstić information content (AvgIpc) is 2.29. The molecular weight excluding hydrogens is 208 g/mol.